The zero-order chi connectivity index (χ0) is 21.4. The molecule has 1 saturated heterocycles. The molecule has 0 aliphatic carbocycles. The second-order valence-corrected chi connectivity index (χ2v) is 9.13. The second-order valence-electron chi connectivity index (χ2n) is 7.57. The van der Waals surface area contributed by atoms with Crippen LogP contribution in [0.25, 0.3) is 0 Å². The van der Waals surface area contributed by atoms with Crippen molar-refractivity contribution in [1.29, 1.82) is 0 Å². The number of hydrogen-bond acceptors (Lipinski definition) is 4. The lowest BCUT2D eigenvalue weighted by atomic mass is 10.0. The summed E-state index contributed by atoms with van der Waals surface area (Å²) in [5.41, 5.74) is 2.15. The Labute approximate surface area is 179 Å². The van der Waals surface area contributed by atoms with Crippen molar-refractivity contribution < 1.29 is 8.42 Å². The van der Waals surface area contributed by atoms with E-state index in [9.17, 15) is 8.42 Å². The van der Waals surface area contributed by atoms with Gasteiger partial charge in [0.05, 0.1) is 11.4 Å². The molecule has 162 valence electrons. The predicted molar refractivity (Wildman–Crippen MR) is 121 cm³/mol. The van der Waals surface area contributed by atoms with Crippen LogP contribution in [-0.4, -0.2) is 45.0 Å². The van der Waals surface area contributed by atoms with Gasteiger partial charge in [0, 0.05) is 32.2 Å². The fraction of sp³-hybridized carbons (Fsp3) is 0.409. The smallest absolute Gasteiger partial charge is 0.238 e. The number of nitrogens with zero attached hydrogens (tertiary/aromatic N) is 2. The average Bonchev–Trinajstić information content (AvgIpc) is 2.74. The number of primary sulfonamides is 1. The van der Waals surface area contributed by atoms with Gasteiger partial charge >= 0.3 is 0 Å². The van der Waals surface area contributed by atoms with E-state index in [0.29, 0.717) is 12.6 Å². The summed E-state index contributed by atoms with van der Waals surface area (Å²) in [5.74, 6) is 0.750. The molecule has 0 atom stereocenters. The van der Waals surface area contributed by atoms with E-state index in [-0.39, 0.29) is 4.90 Å². The van der Waals surface area contributed by atoms with Gasteiger partial charge in [0.15, 0.2) is 5.96 Å². The molecular weight excluding hydrogens is 398 g/mol. The summed E-state index contributed by atoms with van der Waals surface area (Å²) in [6, 6.07) is 17.5. The quantitative estimate of drug-likeness (QED) is 0.462. The van der Waals surface area contributed by atoms with E-state index < -0.39 is 10.0 Å². The molecule has 1 aliphatic heterocycles. The van der Waals surface area contributed by atoms with Crippen LogP contribution in [-0.2, 0) is 23.1 Å². The van der Waals surface area contributed by atoms with Crippen LogP contribution in [0.2, 0.25) is 0 Å². The molecule has 7 nitrogen and oxygen atoms in total. The van der Waals surface area contributed by atoms with Crippen LogP contribution in [0.1, 0.15) is 30.9 Å². The second kappa shape index (κ2) is 10.6. The molecule has 2 aromatic rings. The maximum atomic E-state index is 11.5. The van der Waals surface area contributed by atoms with Gasteiger partial charge in [0.25, 0.3) is 0 Å². The molecular formula is C22H31N5O2S. The van der Waals surface area contributed by atoms with Crippen molar-refractivity contribution in [2.45, 2.75) is 43.8 Å². The van der Waals surface area contributed by atoms with Gasteiger partial charge in [-0.15, -0.1) is 0 Å². The number of benzene rings is 2. The Balaban J connectivity index is 1.54. The van der Waals surface area contributed by atoms with Crippen molar-refractivity contribution in [3.8, 4) is 0 Å². The molecule has 0 amide bonds. The third-order valence-corrected chi connectivity index (χ3v) is 6.08. The molecule has 4 N–H and O–H groups in total. The number of aliphatic imine (C=N–C) groups is 1. The molecule has 1 fully saturated rings. The van der Waals surface area contributed by atoms with E-state index in [1.165, 1.54) is 11.6 Å². The number of guanidine groups is 1. The lowest BCUT2D eigenvalue weighted by Crippen LogP contribution is -2.48. The Bertz CT molecular complexity index is 939. The van der Waals surface area contributed by atoms with E-state index in [0.717, 1.165) is 50.5 Å². The lowest BCUT2D eigenvalue weighted by Gasteiger charge is -2.33. The molecule has 30 heavy (non-hydrogen) atoms. The summed E-state index contributed by atoms with van der Waals surface area (Å²) in [4.78, 5) is 7.23. The standard InChI is InChI=1S/C22H31N5O2S/c1-2-24-22(25-16-19-9-6-10-21(15-19)30(23,28)29)26-20-11-13-27(14-12-20)17-18-7-4-3-5-8-18/h3-10,15,20H,2,11-14,16-17H2,1H3,(H2,23,28,29)(H2,24,25,26). The first-order valence-electron chi connectivity index (χ1n) is 10.4. The largest absolute Gasteiger partial charge is 0.357 e. The Kier molecular flexibility index (Phi) is 7.84. The first-order chi connectivity index (χ1) is 14.4. The van der Waals surface area contributed by atoms with E-state index in [2.05, 4.69) is 44.8 Å². The molecule has 0 unspecified atom stereocenters. The third kappa shape index (κ3) is 6.83. The number of nitrogens with one attached hydrogen (secondary N) is 2. The average molecular weight is 430 g/mol. The van der Waals surface area contributed by atoms with E-state index in [1.807, 2.05) is 19.1 Å². The molecule has 3 rings (SSSR count). The molecule has 1 aliphatic rings. The van der Waals surface area contributed by atoms with E-state index in [4.69, 9.17) is 5.14 Å². The van der Waals surface area contributed by atoms with Gasteiger partial charge in [-0.3, -0.25) is 4.90 Å². The van der Waals surface area contributed by atoms with Crippen LogP contribution in [0.5, 0.6) is 0 Å². The number of piperidine rings is 1. The van der Waals surface area contributed by atoms with E-state index in [1.54, 1.807) is 12.1 Å². The van der Waals surface area contributed by atoms with Crippen molar-refractivity contribution >= 4 is 16.0 Å². The van der Waals surface area contributed by atoms with Crippen molar-refractivity contribution in [2.24, 2.45) is 10.1 Å². The molecule has 0 aromatic heterocycles. The van der Waals surface area contributed by atoms with Gasteiger partial charge in [-0.1, -0.05) is 42.5 Å². The highest BCUT2D eigenvalue weighted by Crippen LogP contribution is 2.14. The fourth-order valence-electron chi connectivity index (χ4n) is 3.58. The van der Waals surface area contributed by atoms with Crippen molar-refractivity contribution in [3.05, 3.63) is 65.7 Å². The van der Waals surface area contributed by atoms with Gasteiger partial charge in [0.1, 0.15) is 0 Å². The Morgan fingerprint density at radius 1 is 1.10 bits per heavy atom. The molecule has 0 spiro atoms. The van der Waals surface area contributed by atoms with Crippen LogP contribution in [0.4, 0.5) is 0 Å². The topological polar surface area (TPSA) is 99.8 Å². The summed E-state index contributed by atoms with van der Waals surface area (Å²) >= 11 is 0. The maximum Gasteiger partial charge on any atom is 0.238 e. The lowest BCUT2D eigenvalue weighted by molar-refractivity contribution is 0.198. The fourth-order valence-corrected chi connectivity index (χ4v) is 4.17. The number of likely N-dealkylation sites (tertiary alicyclic amines) is 1. The molecule has 0 bridgehead atoms. The first kappa shape index (κ1) is 22.3. The number of rotatable bonds is 7. The first-order valence-corrected chi connectivity index (χ1v) is 11.9. The summed E-state index contributed by atoms with van der Waals surface area (Å²) in [6.07, 6.45) is 2.11. The number of sulfonamides is 1. The van der Waals surface area contributed by atoms with Crippen molar-refractivity contribution in [3.63, 3.8) is 0 Å². The highest BCUT2D eigenvalue weighted by atomic mass is 32.2. The Morgan fingerprint density at radius 3 is 2.47 bits per heavy atom. The zero-order valence-corrected chi connectivity index (χ0v) is 18.2. The van der Waals surface area contributed by atoms with Gasteiger partial charge < -0.3 is 10.6 Å². The van der Waals surface area contributed by atoms with Gasteiger partial charge in [-0.2, -0.15) is 0 Å². The Morgan fingerprint density at radius 2 is 1.80 bits per heavy atom. The molecule has 0 saturated carbocycles. The van der Waals surface area contributed by atoms with Gasteiger partial charge in [-0.25, -0.2) is 18.5 Å². The zero-order valence-electron chi connectivity index (χ0n) is 17.4. The molecule has 8 heteroatoms. The summed E-state index contributed by atoms with van der Waals surface area (Å²) < 4.78 is 23.1. The van der Waals surface area contributed by atoms with Crippen molar-refractivity contribution in [2.75, 3.05) is 19.6 Å². The SMILES string of the molecule is CCNC(=NCc1cccc(S(N)(=O)=O)c1)NC1CCN(Cc2ccccc2)CC1. The van der Waals surface area contributed by atoms with Gasteiger partial charge in [0.2, 0.25) is 10.0 Å². The summed E-state index contributed by atoms with van der Waals surface area (Å²) in [7, 11) is -3.71. The maximum absolute atomic E-state index is 11.5. The summed E-state index contributed by atoms with van der Waals surface area (Å²) in [5, 5.41) is 12.0. The summed E-state index contributed by atoms with van der Waals surface area (Å²) in [6.45, 7) is 6.25. The minimum atomic E-state index is -3.71. The molecule has 1 heterocycles. The van der Waals surface area contributed by atoms with Crippen LogP contribution in [0.3, 0.4) is 0 Å². The van der Waals surface area contributed by atoms with Crippen molar-refractivity contribution in [1.82, 2.24) is 15.5 Å². The molecule has 2 aromatic carbocycles. The number of nitrogens with two attached hydrogens (primary N) is 1. The normalized spacial score (nSPS) is 16.4. The highest BCUT2D eigenvalue weighted by molar-refractivity contribution is 7.89. The van der Waals surface area contributed by atoms with E-state index >= 15 is 0 Å². The van der Waals surface area contributed by atoms with Crippen LogP contribution in [0.15, 0.2) is 64.5 Å². The minimum Gasteiger partial charge on any atom is -0.357 e. The van der Waals surface area contributed by atoms with Crippen LogP contribution < -0.4 is 15.8 Å². The van der Waals surface area contributed by atoms with Crippen LogP contribution in [0, 0.1) is 0 Å². The Hall–Kier alpha value is -2.42. The highest BCUT2D eigenvalue weighted by Gasteiger charge is 2.20. The number of hydrogen-bond donors (Lipinski definition) is 3. The van der Waals surface area contributed by atoms with Gasteiger partial charge in [-0.05, 0) is 43.0 Å². The van der Waals surface area contributed by atoms with Crippen LogP contribution >= 0.6 is 0 Å². The molecule has 0 radical (unpaired) electrons. The predicted octanol–water partition coefficient (Wildman–Crippen LogP) is 2.05. The third-order valence-electron chi connectivity index (χ3n) is 5.17. The minimum absolute atomic E-state index is 0.110. The monoisotopic (exact) mass is 429 g/mol.